The highest BCUT2D eigenvalue weighted by Crippen LogP contribution is 2.24. The lowest BCUT2D eigenvalue weighted by atomic mass is 10.1. The van der Waals surface area contributed by atoms with Gasteiger partial charge in [0.2, 0.25) is 0 Å². The number of carbonyl (C=O) groups is 3. The number of hydrogen-bond acceptors (Lipinski definition) is 5. The van der Waals surface area contributed by atoms with Crippen LogP contribution in [0.4, 0.5) is 0 Å². The molecule has 3 aromatic carbocycles. The zero-order valence-corrected chi connectivity index (χ0v) is 19.8. The summed E-state index contributed by atoms with van der Waals surface area (Å²) in [6, 6.07) is 18.5. The highest BCUT2D eigenvalue weighted by Gasteiger charge is 2.14. The Kier molecular flexibility index (Phi) is 8.34. The maximum Gasteiger partial charge on any atom is 0.345 e. The van der Waals surface area contributed by atoms with E-state index >= 15 is 0 Å². The molecule has 0 bridgehead atoms. The standard InChI is InChI=1S/C24H19BrClN3O4/c1-15-6-8-16(9-7-15)23(31)27-14-22(30)29-28-13-17-12-18(25)10-11-21(17)33-24(32)19-4-2-3-5-20(19)26/h2-13H,14H2,1H3,(H,27,31)(H,29,30)/b28-13+. The molecule has 0 aliphatic heterocycles. The lowest BCUT2D eigenvalue weighted by Gasteiger charge is -2.09. The van der Waals surface area contributed by atoms with Gasteiger partial charge in [0.15, 0.2) is 0 Å². The predicted molar refractivity (Wildman–Crippen MR) is 130 cm³/mol. The van der Waals surface area contributed by atoms with Gasteiger partial charge in [-0.2, -0.15) is 5.10 Å². The van der Waals surface area contributed by atoms with Crippen molar-refractivity contribution in [1.82, 2.24) is 10.7 Å². The van der Waals surface area contributed by atoms with Crippen molar-refractivity contribution in [3.63, 3.8) is 0 Å². The van der Waals surface area contributed by atoms with Gasteiger partial charge >= 0.3 is 5.97 Å². The minimum atomic E-state index is -0.625. The Labute approximate surface area is 203 Å². The molecule has 33 heavy (non-hydrogen) atoms. The lowest BCUT2D eigenvalue weighted by Crippen LogP contribution is -2.34. The number of carbonyl (C=O) groups excluding carboxylic acids is 3. The molecule has 0 saturated carbocycles. The van der Waals surface area contributed by atoms with Crippen molar-refractivity contribution in [3.8, 4) is 5.75 Å². The predicted octanol–water partition coefficient (Wildman–Crippen LogP) is 4.51. The van der Waals surface area contributed by atoms with Crippen molar-refractivity contribution in [2.45, 2.75) is 6.92 Å². The van der Waals surface area contributed by atoms with Crippen LogP contribution in [0.3, 0.4) is 0 Å². The molecule has 0 spiro atoms. The van der Waals surface area contributed by atoms with Crippen LogP contribution < -0.4 is 15.5 Å². The molecule has 3 aromatic rings. The second-order valence-corrected chi connectivity index (χ2v) is 8.22. The summed E-state index contributed by atoms with van der Waals surface area (Å²) in [6.07, 6.45) is 1.33. The Hall–Kier alpha value is -3.49. The number of hydrazone groups is 1. The minimum Gasteiger partial charge on any atom is -0.422 e. The molecule has 9 heteroatoms. The van der Waals surface area contributed by atoms with Crippen molar-refractivity contribution in [3.05, 3.63) is 98.5 Å². The van der Waals surface area contributed by atoms with E-state index in [0.29, 0.717) is 11.1 Å². The topological polar surface area (TPSA) is 96.9 Å². The Morgan fingerprint density at radius 3 is 2.52 bits per heavy atom. The maximum absolute atomic E-state index is 12.5. The van der Waals surface area contributed by atoms with Crippen LogP contribution >= 0.6 is 27.5 Å². The summed E-state index contributed by atoms with van der Waals surface area (Å²) >= 11 is 9.40. The highest BCUT2D eigenvalue weighted by atomic mass is 79.9. The van der Waals surface area contributed by atoms with Gasteiger partial charge < -0.3 is 10.1 Å². The third kappa shape index (κ3) is 7.00. The number of hydrogen-bond donors (Lipinski definition) is 2. The Balaban J connectivity index is 1.60. The Bertz CT molecular complexity index is 1210. The fraction of sp³-hybridized carbons (Fsp3) is 0.0833. The summed E-state index contributed by atoms with van der Waals surface area (Å²) in [7, 11) is 0. The van der Waals surface area contributed by atoms with E-state index in [1.54, 1.807) is 54.6 Å². The van der Waals surface area contributed by atoms with Crippen molar-refractivity contribution in [1.29, 1.82) is 0 Å². The van der Waals surface area contributed by atoms with Gasteiger partial charge in [-0.1, -0.05) is 57.4 Å². The molecule has 0 atom stereocenters. The summed E-state index contributed by atoms with van der Waals surface area (Å²) < 4.78 is 6.18. The van der Waals surface area contributed by atoms with Crippen LogP contribution in [0.2, 0.25) is 5.02 Å². The van der Waals surface area contributed by atoms with E-state index < -0.39 is 11.9 Å². The van der Waals surface area contributed by atoms with Crippen molar-refractivity contribution in [2.75, 3.05) is 6.54 Å². The molecule has 7 nitrogen and oxygen atoms in total. The van der Waals surface area contributed by atoms with E-state index in [1.165, 1.54) is 6.21 Å². The van der Waals surface area contributed by atoms with Gasteiger partial charge in [-0.3, -0.25) is 9.59 Å². The van der Waals surface area contributed by atoms with Gasteiger partial charge in [-0.15, -0.1) is 0 Å². The molecule has 0 aliphatic rings. The number of benzene rings is 3. The van der Waals surface area contributed by atoms with E-state index in [4.69, 9.17) is 16.3 Å². The molecule has 0 saturated heterocycles. The van der Waals surface area contributed by atoms with E-state index in [9.17, 15) is 14.4 Å². The van der Waals surface area contributed by atoms with Crippen LogP contribution in [0.5, 0.6) is 5.75 Å². The first-order valence-corrected chi connectivity index (χ1v) is 10.9. The smallest absolute Gasteiger partial charge is 0.345 e. The molecule has 0 heterocycles. The molecule has 2 amide bonds. The summed E-state index contributed by atoms with van der Waals surface area (Å²) in [5, 5.41) is 6.68. The van der Waals surface area contributed by atoms with Crippen LogP contribution in [0.15, 0.2) is 76.3 Å². The first-order valence-electron chi connectivity index (χ1n) is 9.76. The van der Waals surface area contributed by atoms with Gasteiger partial charge in [0.05, 0.1) is 23.3 Å². The van der Waals surface area contributed by atoms with Crippen LogP contribution in [0, 0.1) is 6.92 Å². The average molecular weight is 529 g/mol. The second kappa shape index (κ2) is 11.4. The monoisotopic (exact) mass is 527 g/mol. The second-order valence-electron chi connectivity index (χ2n) is 6.89. The van der Waals surface area contributed by atoms with Crippen LogP contribution in [0.1, 0.15) is 31.8 Å². The SMILES string of the molecule is Cc1ccc(C(=O)NCC(=O)N/N=C/c2cc(Br)ccc2OC(=O)c2ccccc2Cl)cc1. The summed E-state index contributed by atoms with van der Waals surface area (Å²) in [6.45, 7) is 1.67. The van der Waals surface area contributed by atoms with Gasteiger partial charge in [-0.05, 0) is 49.4 Å². The van der Waals surface area contributed by atoms with Gasteiger partial charge in [-0.25, -0.2) is 10.2 Å². The molecule has 3 rings (SSSR count). The number of ether oxygens (including phenoxy) is 1. The normalized spacial score (nSPS) is 10.6. The molecule has 0 radical (unpaired) electrons. The largest absolute Gasteiger partial charge is 0.422 e. The molecular weight excluding hydrogens is 510 g/mol. The zero-order valence-electron chi connectivity index (χ0n) is 17.5. The number of nitrogens with one attached hydrogen (secondary N) is 2. The number of aryl methyl sites for hydroxylation is 1. The van der Waals surface area contributed by atoms with Crippen molar-refractivity contribution in [2.24, 2.45) is 5.10 Å². The quantitative estimate of drug-likeness (QED) is 0.204. The molecule has 0 fully saturated rings. The summed E-state index contributed by atoms with van der Waals surface area (Å²) in [5.74, 6) is -1.28. The van der Waals surface area contributed by atoms with Gasteiger partial charge in [0.25, 0.3) is 11.8 Å². The first kappa shape index (κ1) is 24.2. The third-order valence-corrected chi connectivity index (χ3v) is 5.21. The van der Waals surface area contributed by atoms with E-state index in [1.807, 2.05) is 19.1 Å². The fourth-order valence-corrected chi connectivity index (χ4v) is 3.27. The Morgan fingerprint density at radius 1 is 1.06 bits per heavy atom. The molecular formula is C24H19BrClN3O4. The molecule has 0 unspecified atom stereocenters. The summed E-state index contributed by atoms with van der Waals surface area (Å²) in [5.41, 5.74) is 4.48. The highest BCUT2D eigenvalue weighted by molar-refractivity contribution is 9.10. The number of halogens is 2. The van der Waals surface area contributed by atoms with E-state index in [-0.39, 0.29) is 28.8 Å². The number of esters is 1. The van der Waals surface area contributed by atoms with E-state index in [2.05, 4.69) is 31.8 Å². The molecule has 0 aromatic heterocycles. The number of nitrogens with zero attached hydrogens (tertiary/aromatic N) is 1. The van der Waals surface area contributed by atoms with Crippen molar-refractivity contribution >= 4 is 51.5 Å². The average Bonchev–Trinajstić information content (AvgIpc) is 2.80. The van der Waals surface area contributed by atoms with Crippen LogP contribution in [-0.2, 0) is 4.79 Å². The minimum absolute atomic E-state index is 0.225. The molecule has 2 N–H and O–H groups in total. The molecule has 168 valence electrons. The fourth-order valence-electron chi connectivity index (χ4n) is 2.68. The number of amides is 2. The zero-order chi connectivity index (χ0) is 23.8. The molecule has 0 aliphatic carbocycles. The first-order chi connectivity index (χ1) is 15.8. The third-order valence-electron chi connectivity index (χ3n) is 4.38. The van der Waals surface area contributed by atoms with Gasteiger partial charge in [0, 0.05) is 15.6 Å². The Morgan fingerprint density at radius 2 is 1.79 bits per heavy atom. The maximum atomic E-state index is 12.5. The van der Waals surface area contributed by atoms with E-state index in [0.717, 1.165) is 10.0 Å². The summed E-state index contributed by atoms with van der Waals surface area (Å²) in [4.78, 5) is 36.6. The van der Waals surface area contributed by atoms with Crippen LogP contribution in [-0.4, -0.2) is 30.5 Å². The van der Waals surface area contributed by atoms with Gasteiger partial charge in [0.1, 0.15) is 5.75 Å². The van der Waals surface area contributed by atoms with Crippen LogP contribution in [0.25, 0.3) is 0 Å². The number of rotatable bonds is 7. The lowest BCUT2D eigenvalue weighted by molar-refractivity contribution is -0.120. The van der Waals surface area contributed by atoms with Crippen molar-refractivity contribution < 1.29 is 19.1 Å².